The summed E-state index contributed by atoms with van der Waals surface area (Å²) in [5.41, 5.74) is 4.78. The summed E-state index contributed by atoms with van der Waals surface area (Å²) >= 11 is 0. The Kier molecular flexibility index (Phi) is 2.92. The number of hydrogen-bond donors (Lipinski definition) is 0. The predicted molar refractivity (Wildman–Crippen MR) is 50.6 cm³/mol. The fourth-order valence-corrected chi connectivity index (χ4v) is 1.45. The van der Waals surface area contributed by atoms with Crippen LogP contribution in [0.2, 0.25) is 0 Å². The Morgan fingerprint density at radius 3 is 2.27 bits per heavy atom. The van der Waals surface area contributed by atoms with Crippen molar-refractivity contribution in [3.8, 4) is 0 Å². The van der Waals surface area contributed by atoms with E-state index in [-0.39, 0.29) is 0 Å². The molecule has 62 valence electrons. The molecule has 0 fully saturated rings. The fourth-order valence-electron chi connectivity index (χ4n) is 1.45. The van der Waals surface area contributed by atoms with Crippen LogP contribution in [0.25, 0.3) is 0 Å². The number of allylic oxidation sites excluding steroid dienone is 4. The molecule has 0 aromatic rings. The largest absolute Gasteiger partial charge is 0.0853 e. The molecule has 0 saturated heterocycles. The Morgan fingerprint density at radius 2 is 1.55 bits per heavy atom. The van der Waals surface area contributed by atoms with Crippen LogP contribution in [-0.4, -0.2) is 0 Å². The topological polar surface area (TPSA) is 0 Å². The summed E-state index contributed by atoms with van der Waals surface area (Å²) in [6, 6.07) is 0. The minimum Gasteiger partial charge on any atom is -0.0853 e. The maximum absolute atomic E-state index is 2.38. The van der Waals surface area contributed by atoms with Crippen LogP contribution in [0.15, 0.2) is 22.8 Å². The van der Waals surface area contributed by atoms with Crippen molar-refractivity contribution in [2.75, 3.05) is 0 Å². The van der Waals surface area contributed by atoms with Gasteiger partial charge in [-0.25, -0.2) is 0 Å². The van der Waals surface area contributed by atoms with Crippen LogP contribution in [-0.2, 0) is 0 Å². The van der Waals surface area contributed by atoms with Crippen molar-refractivity contribution in [2.24, 2.45) is 0 Å². The second-order valence-corrected chi connectivity index (χ2v) is 3.65. The summed E-state index contributed by atoms with van der Waals surface area (Å²) in [6.45, 7) is 6.78. The average molecular weight is 150 g/mol. The predicted octanol–water partition coefficient (Wildman–Crippen LogP) is 3.84. The van der Waals surface area contributed by atoms with Gasteiger partial charge in [0.1, 0.15) is 0 Å². The van der Waals surface area contributed by atoms with Crippen molar-refractivity contribution in [3.63, 3.8) is 0 Å². The van der Waals surface area contributed by atoms with Gasteiger partial charge in [-0.1, -0.05) is 22.8 Å². The van der Waals surface area contributed by atoms with Crippen molar-refractivity contribution >= 4 is 0 Å². The third kappa shape index (κ3) is 2.53. The van der Waals surface area contributed by atoms with Crippen molar-refractivity contribution in [3.05, 3.63) is 22.8 Å². The zero-order valence-electron chi connectivity index (χ0n) is 7.91. The van der Waals surface area contributed by atoms with Crippen LogP contribution in [0.1, 0.15) is 46.5 Å². The van der Waals surface area contributed by atoms with E-state index < -0.39 is 0 Å². The van der Waals surface area contributed by atoms with E-state index in [4.69, 9.17) is 0 Å². The highest BCUT2D eigenvalue weighted by Gasteiger charge is 2.01. The molecule has 0 nitrogen and oxygen atoms in total. The Labute approximate surface area is 70.0 Å². The zero-order valence-corrected chi connectivity index (χ0v) is 7.91. The molecule has 0 bridgehead atoms. The van der Waals surface area contributed by atoms with E-state index >= 15 is 0 Å². The third-order valence-corrected chi connectivity index (χ3v) is 2.64. The van der Waals surface area contributed by atoms with E-state index in [9.17, 15) is 0 Å². The van der Waals surface area contributed by atoms with E-state index in [0.29, 0.717) is 0 Å². The standard InChI is InChI=1S/C11H18/c1-9-5-4-6-10(2)11(3)8-7-9/h5H,4,6-8H2,1-3H3/b9-5-,11-10-. The quantitative estimate of drug-likeness (QED) is 0.460. The minimum atomic E-state index is 1.25. The lowest BCUT2D eigenvalue weighted by molar-refractivity contribution is 0.832. The van der Waals surface area contributed by atoms with Gasteiger partial charge in [0, 0.05) is 0 Å². The number of rotatable bonds is 0. The molecule has 1 aliphatic rings. The molecule has 0 aromatic carbocycles. The first-order valence-electron chi connectivity index (χ1n) is 4.51. The van der Waals surface area contributed by atoms with Gasteiger partial charge in [-0.2, -0.15) is 0 Å². The Bertz CT molecular complexity index is 194. The fraction of sp³-hybridized carbons (Fsp3) is 0.636. The van der Waals surface area contributed by atoms with Gasteiger partial charge >= 0.3 is 0 Å². The smallest absolute Gasteiger partial charge is 0.0283 e. The zero-order chi connectivity index (χ0) is 8.27. The molecule has 0 radical (unpaired) electrons. The summed E-state index contributed by atoms with van der Waals surface area (Å²) in [6.07, 6.45) is 7.44. The third-order valence-electron chi connectivity index (χ3n) is 2.64. The van der Waals surface area contributed by atoms with Crippen molar-refractivity contribution in [2.45, 2.75) is 46.5 Å². The Morgan fingerprint density at radius 1 is 0.909 bits per heavy atom. The minimum absolute atomic E-state index is 1.25. The van der Waals surface area contributed by atoms with Crippen molar-refractivity contribution in [1.82, 2.24) is 0 Å². The van der Waals surface area contributed by atoms with E-state index in [1.54, 1.807) is 16.7 Å². The highest BCUT2D eigenvalue weighted by Crippen LogP contribution is 2.21. The van der Waals surface area contributed by atoms with Crippen LogP contribution in [0, 0.1) is 0 Å². The molecule has 0 spiro atoms. The molecule has 0 heterocycles. The molecular weight excluding hydrogens is 132 g/mol. The Hall–Kier alpha value is -0.520. The summed E-state index contributed by atoms with van der Waals surface area (Å²) in [5, 5.41) is 0. The maximum atomic E-state index is 2.38. The molecule has 0 aliphatic heterocycles. The van der Waals surface area contributed by atoms with Crippen LogP contribution < -0.4 is 0 Å². The van der Waals surface area contributed by atoms with Crippen molar-refractivity contribution < 1.29 is 0 Å². The van der Waals surface area contributed by atoms with E-state index in [0.717, 1.165) is 0 Å². The first-order valence-corrected chi connectivity index (χ1v) is 4.51. The van der Waals surface area contributed by atoms with Gasteiger partial charge in [0.15, 0.2) is 0 Å². The van der Waals surface area contributed by atoms with Gasteiger partial charge < -0.3 is 0 Å². The van der Waals surface area contributed by atoms with Crippen molar-refractivity contribution in [1.29, 1.82) is 0 Å². The van der Waals surface area contributed by atoms with Gasteiger partial charge in [0.05, 0.1) is 0 Å². The molecule has 0 aromatic heterocycles. The average Bonchev–Trinajstić information content (AvgIpc) is 1.98. The summed E-state index contributed by atoms with van der Waals surface area (Å²) in [5.74, 6) is 0. The van der Waals surface area contributed by atoms with Gasteiger partial charge in [0.25, 0.3) is 0 Å². The van der Waals surface area contributed by atoms with E-state index in [2.05, 4.69) is 26.8 Å². The molecule has 0 amide bonds. The lowest BCUT2D eigenvalue weighted by atomic mass is 9.96. The Balaban J connectivity index is 2.62. The summed E-state index contributed by atoms with van der Waals surface area (Å²) in [4.78, 5) is 0. The lowest BCUT2D eigenvalue weighted by Crippen LogP contribution is -1.90. The maximum Gasteiger partial charge on any atom is -0.0283 e. The first-order chi connectivity index (χ1) is 5.20. The molecule has 0 saturated carbocycles. The van der Waals surface area contributed by atoms with Crippen LogP contribution >= 0.6 is 0 Å². The summed E-state index contributed by atoms with van der Waals surface area (Å²) in [7, 11) is 0. The molecule has 1 rings (SSSR count). The molecule has 0 N–H and O–H groups in total. The molecule has 0 heteroatoms. The van der Waals surface area contributed by atoms with Gasteiger partial charge in [-0.15, -0.1) is 0 Å². The van der Waals surface area contributed by atoms with E-state index in [1.165, 1.54) is 25.7 Å². The van der Waals surface area contributed by atoms with Crippen LogP contribution in [0.3, 0.4) is 0 Å². The molecular formula is C11H18. The van der Waals surface area contributed by atoms with Crippen LogP contribution in [0.5, 0.6) is 0 Å². The molecule has 11 heavy (non-hydrogen) atoms. The second-order valence-electron chi connectivity index (χ2n) is 3.65. The van der Waals surface area contributed by atoms with Gasteiger partial charge in [0.2, 0.25) is 0 Å². The first kappa shape index (κ1) is 8.58. The highest BCUT2D eigenvalue weighted by atomic mass is 14.1. The van der Waals surface area contributed by atoms with E-state index in [1.807, 2.05) is 0 Å². The van der Waals surface area contributed by atoms with Crippen LogP contribution in [0.4, 0.5) is 0 Å². The molecule has 0 atom stereocenters. The summed E-state index contributed by atoms with van der Waals surface area (Å²) < 4.78 is 0. The van der Waals surface area contributed by atoms with Gasteiger partial charge in [-0.05, 0) is 46.5 Å². The molecule has 1 aliphatic carbocycles. The molecule has 0 unspecified atom stereocenters. The monoisotopic (exact) mass is 150 g/mol. The lowest BCUT2D eigenvalue weighted by Gasteiger charge is -2.11. The van der Waals surface area contributed by atoms with Gasteiger partial charge in [-0.3, -0.25) is 0 Å². The number of hydrogen-bond acceptors (Lipinski definition) is 0. The normalized spacial score (nSPS) is 32.1. The SMILES string of the molecule is C/C1=C/CC/C(C)=C(/C)CC1. The second kappa shape index (κ2) is 3.75. The highest BCUT2D eigenvalue weighted by molar-refractivity contribution is 5.15.